The summed E-state index contributed by atoms with van der Waals surface area (Å²) in [7, 11) is 2.50. The van der Waals surface area contributed by atoms with E-state index >= 15 is 0 Å². The summed E-state index contributed by atoms with van der Waals surface area (Å²) in [4.78, 5) is 26.3. The lowest BCUT2D eigenvalue weighted by molar-refractivity contribution is -0.141. The van der Waals surface area contributed by atoms with E-state index in [2.05, 4.69) is 21.0 Å². The quantitative estimate of drug-likeness (QED) is 0.586. The molecule has 0 fully saturated rings. The normalized spacial score (nSPS) is 11.7. The van der Waals surface area contributed by atoms with E-state index in [4.69, 9.17) is 0 Å². The molecule has 1 unspecified atom stereocenters. The van der Waals surface area contributed by atoms with Crippen LogP contribution in [-0.2, 0) is 25.6 Å². The van der Waals surface area contributed by atoms with E-state index in [9.17, 15) is 14.7 Å². The molecule has 1 aromatic rings. The van der Waals surface area contributed by atoms with Crippen LogP contribution >= 0.6 is 0 Å². The Hall–Kier alpha value is -2.15. The van der Waals surface area contributed by atoms with Crippen LogP contribution < -0.4 is 0 Å². The number of hydrogen-bond acceptors (Lipinski definition) is 6. The van der Waals surface area contributed by atoms with E-state index in [-0.39, 0.29) is 30.3 Å². The molecule has 0 aliphatic heterocycles. The Kier molecular flexibility index (Phi) is 5.25. The van der Waals surface area contributed by atoms with Crippen molar-refractivity contribution in [3.8, 4) is 0 Å². The Labute approximate surface area is 110 Å². The first-order valence-electron chi connectivity index (χ1n) is 5.54. The van der Waals surface area contributed by atoms with Crippen LogP contribution in [0.15, 0.2) is 24.5 Å². The number of aryl methyl sites for hydroxylation is 1. The Morgan fingerprint density at radius 2 is 2.16 bits per heavy atom. The number of imidazole rings is 1. The van der Waals surface area contributed by atoms with Crippen LogP contribution in [0.4, 0.5) is 0 Å². The summed E-state index contributed by atoms with van der Waals surface area (Å²) in [6.07, 6.45) is 1.91. The number of carbonyl (C=O) groups is 2. The highest BCUT2D eigenvalue weighted by atomic mass is 16.5. The first-order chi connectivity index (χ1) is 9.01. The highest BCUT2D eigenvalue weighted by molar-refractivity contribution is 5.88. The second-order valence-electron chi connectivity index (χ2n) is 3.72. The molecule has 1 atom stereocenters. The molecule has 1 rings (SSSR count). The number of carbonyl (C=O) groups excluding carboxylic acids is 2. The van der Waals surface area contributed by atoms with Crippen LogP contribution in [0.25, 0.3) is 0 Å². The molecule has 104 valence electrons. The zero-order valence-corrected chi connectivity index (χ0v) is 10.8. The summed E-state index contributed by atoms with van der Waals surface area (Å²) in [5.41, 5.74) is -0.118. The standard InChI is InChI=1S/C12H16N2O5/c1-8(12(17)19-3)10(16)11-13-5-7-14(11)6-4-9(15)18-2/h5,7,10,16H,1,4,6H2,2-3H3. The summed E-state index contributed by atoms with van der Waals surface area (Å²) in [5, 5.41) is 9.98. The molecule has 0 saturated heterocycles. The molecule has 1 aromatic heterocycles. The van der Waals surface area contributed by atoms with Gasteiger partial charge in [0.25, 0.3) is 0 Å². The van der Waals surface area contributed by atoms with Gasteiger partial charge in [-0.25, -0.2) is 9.78 Å². The first kappa shape index (κ1) is 14.9. The second kappa shape index (κ2) is 6.69. The van der Waals surface area contributed by atoms with Crippen LogP contribution in [0, 0.1) is 0 Å². The van der Waals surface area contributed by atoms with Crippen molar-refractivity contribution in [3.05, 3.63) is 30.4 Å². The van der Waals surface area contributed by atoms with Crippen LogP contribution in [-0.4, -0.2) is 40.8 Å². The first-order valence-corrected chi connectivity index (χ1v) is 5.54. The van der Waals surface area contributed by atoms with E-state index < -0.39 is 12.1 Å². The fourth-order valence-electron chi connectivity index (χ4n) is 1.47. The number of esters is 2. The zero-order valence-electron chi connectivity index (χ0n) is 10.8. The van der Waals surface area contributed by atoms with Gasteiger partial charge in [0.15, 0.2) is 0 Å². The number of rotatable bonds is 6. The van der Waals surface area contributed by atoms with Crippen LogP contribution in [0.3, 0.4) is 0 Å². The van der Waals surface area contributed by atoms with E-state index in [1.807, 2.05) is 0 Å². The van der Waals surface area contributed by atoms with Gasteiger partial charge in [0, 0.05) is 18.9 Å². The van der Waals surface area contributed by atoms with Crippen molar-refractivity contribution < 1.29 is 24.2 Å². The average Bonchev–Trinajstić information content (AvgIpc) is 2.90. The predicted octanol–water partition coefficient (Wildman–Crippen LogP) is 0.209. The number of aliphatic hydroxyl groups excluding tert-OH is 1. The molecule has 0 saturated carbocycles. The predicted molar refractivity (Wildman–Crippen MR) is 65.0 cm³/mol. The molecule has 1 heterocycles. The summed E-state index contributed by atoms with van der Waals surface area (Å²) in [6.45, 7) is 3.75. The molecule has 0 radical (unpaired) electrons. The fourth-order valence-corrected chi connectivity index (χ4v) is 1.47. The highest BCUT2D eigenvalue weighted by Gasteiger charge is 2.23. The van der Waals surface area contributed by atoms with Crippen molar-refractivity contribution in [3.63, 3.8) is 0 Å². The number of aliphatic hydroxyl groups is 1. The van der Waals surface area contributed by atoms with Gasteiger partial charge in [-0.3, -0.25) is 4.79 Å². The monoisotopic (exact) mass is 268 g/mol. The molecule has 7 heteroatoms. The second-order valence-corrected chi connectivity index (χ2v) is 3.72. The molecule has 0 spiro atoms. The summed E-state index contributed by atoms with van der Waals surface area (Å²) >= 11 is 0. The Morgan fingerprint density at radius 1 is 1.47 bits per heavy atom. The third-order valence-corrected chi connectivity index (χ3v) is 2.55. The molecule has 7 nitrogen and oxygen atoms in total. The summed E-state index contributed by atoms with van der Waals surface area (Å²) in [6, 6.07) is 0. The maximum atomic E-state index is 11.3. The van der Waals surface area contributed by atoms with Crippen LogP contribution in [0.2, 0.25) is 0 Å². The lowest BCUT2D eigenvalue weighted by atomic mass is 10.1. The summed E-state index contributed by atoms with van der Waals surface area (Å²) < 4.78 is 10.6. The molecule has 0 amide bonds. The molecule has 0 aliphatic carbocycles. The van der Waals surface area contributed by atoms with Crippen LogP contribution in [0.1, 0.15) is 18.3 Å². The van der Waals surface area contributed by atoms with Gasteiger partial charge >= 0.3 is 11.9 Å². The number of ether oxygens (including phenoxy) is 2. The van der Waals surface area contributed by atoms with Gasteiger partial charge in [0.1, 0.15) is 11.9 Å². The maximum absolute atomic E-state index is 11.3. The molecule has 19 heavy (non-hydrogen) atoms. The number of aromatic nitrogens is 2. The average molecular weight is 268 g/mol. The Bertz CT molecular complexity index is 480. The van der Waals surface area contributed by atoms with Gasteiger partial charge < -0.3 is 19.1 Å². The topological polar surface area (TPSA) is 90.6 Å². The van der Waals surface area contributed by atoms with E-state index in [0.29, 0.717) is 0 Å². The van der Waals surface area contributed by atoms with Crippen molar-refractivity contribution in [2.75, 3.05) is 14.2 Å². The molecule has 0 bridgehead atoms. The minimum atomic E-state index is -1.28. The van der Waals surface area contributed by atoms with Crippen molar-refractivity contribution in [2.24, 2.45) is 0 Å². The maximum Gasteiger partial charge on any atom is 0.336 e. The van der Waals surface area contributed by atoms with E-state index in [1.54, 1.807) is 10.8 Å². The smallest absolute Gasteiger partial charge is 0.336 e. The fraction of sp³-hybridized carbons (Fsp3) is 0.417. The molecule has 1 N–H and O–H groups in total. The third kappa shape index (κ3) is 3.65. The molecular weight excluding hydrogens is 252 g/mol. The lowest BCUT2D eigenvalue weighted by Gasteiger charge is -2.13. The van der Waals surface area contributed by atoms with Crippen molar-refractivity contribution in [2.45, 2.75) is 19.1 Å². The van der Waals surface area contributed by atoms with Crippen LogP contribution in [0.5, 0.6) is 0 Å². The summed E-state index contributed by atoms with van der Waals surface area (Å²) in [5.74, 6) is -0.866. The number of nitrogens with zero attached hydrogens (tertiary/aromatic N) is 2. The van der Waals surface area contributed by atoms with Gasteiger partial charge in [-0.15, -0.1) is 0 Å². The minimum absolute atomic E-state index is 0.118. The molecule has 0 aromatic carbocycles. The van der Waals surface area contributed by atoms with Crippen molar-refractivity contribution in [1.82, 2.24) is 9.55 Å². The van der Waals surface area contributed by atoms with E-state index in [1.165, 1.54) is 20.4 Å². The van der Waals surface area contributed by atoms with Gasteiger partial charge in [-0.2, -0.15) is 0 Å². The Morgan fingerprint density at radius 3 is 2.74 bits per heavy atom. The lowest BCUT2D eigenvalue weighted by Crippen LogP contribution is -2.17. The van der Waals surface area contributed by atoms with Crippen molar-refractivity contribution >= 4 is 11.9 Å². The third-order valence-electron chi connectivity index (χ3n) is 2.55. The van der Waals surface area contributed by atoms with Gasteiger partial charge in [-0.05, 0) is 0 Å². The van der Waals surface area contributed by atoms with Gasteiger partial charge in [0.05, 0.1) is 26.2 Å². The SMILES string of the molecule is C=C(C(=O)OC)C(O)c1nccn1CCC(=O)OC. The minimum Gasteiger partial charge on any atom is -0.469 e. The largest absolute Gasteiger partial charge is 0.469 e. The van der Waals surface area contributed by atoms with E-state index in [0.717, 1.165) is 0 Å². The molecular formula is C12H16N2O5. The number of hydrogen-bond donors (Lipinski definition) is 1. The van der Waals surface area contributed by atoms with Gasteiger partial charge in [-0.1, -0.05) is 6.58 Å². The highest BCUT2D eigenvalue weighted by Crippen LogP contribution is 2.19. The molecule has 0 aliphatic rings. The van der Waals surface area contributed by atoms with Crippen molar-refractivity contribution in [1.29, 1.82) is 0 Å². The number of methoxy groups -OCH3 is 2. The zero-order chi connectivity index (χ0) is 14.4. The van der Waals surface area contributed by atoms with Gasteiger partial charge in [0.2, 0.25) is 0 Å². The Balaban J connectivity index is 2.79.